The Kier molecular flexibility index (Phi) is 4.49. The maximum atomic E-state index is 11.8. The zero-order valence-corrected chi connectivity index (χ0v) is 12.3. The first-order valence-electron chi connectivity index (χ1n) is 6.23. The summed E-state index contributed by atoms with van der Waals surface area (Å²) in [5, 5.41) is 14.5. The van der Waals surface area contributed by atoms with Crippen LogP contribution in [0.1, 0.15) is 28.0 Å². The van der Waals surface area contributed by atoms with Gasteiger partial charge in [-0.3, -0.25) is 5.32 Å². The van der Waals surface area contributed by atoms with Crippen molar-refractivity contribution in [2.45, 2.75) is 20.3 Å². The van der Waals surface area contributed by atoms with Gasteiger partial charge < -0.3 is 10.4 Å². The Morgan fingerprint density at radius 2 is 2.10 bits per heavy atom. The van der Waals surface area contributed by atoms with E-state index in [2.05, 4.69) is 20.6 Å². The number of nitrogens with one attached hydrogen (secondary N) is 2. The van der Waals surface area contributed by atoms with Gasteiger partial charge in [-0.25, -0.2) is 19.6 Å². The van der Waals surface area contributed by atoms with Crippen LogP contribution in [-0.2, 0) is 6.42 Å². The summed E-state index contributed by atoms with van der Waals surface area (Å²) in [6.45, 7) is 3.95. The molecule has 2 rings (SSSR count). The molecule has 0 spiro atoms. The standard InChI is InChI=1S/C13H14N4O3S/c1-3-9-7(2)21-13(16-9)17-12(20)15-8-4-5-10(11(18)19)14-6-8/h4-6H,3H2,1-2H3,(H,18,19)(H2,15,16,17,20). The number of hydrogen-bond acceptors (Lipinski definition) is 5. The first-order valence-corrected chi connectivity index (χ1v) is 7.05. The molecule has 0 fully saturated rings. The average molecular weight is 306 g/mol. The summed E-state index contributed by atoms with van der Waals surface area (Å²) in [6, 6.07) is 2.35. The molecular formula is C13H14N4O3S. The molecular weight excluding hydrogens is 292 g/mol. The minimum absolute atomic E-state index is 0.0795. The van der Waals surface area contributed by atoms with Crippen LogP contribution in [0.25, 0.3) is 0 Å². The number of carbonyl (C=O) groups is 2. The lowest BCUT2D eigenvalue weighted by Gasteiger charge is -2.05. The molecule has 0 saturated heterocycles. The minimum Gasteiger partial charge on any atom is -0.477 e. The number of rotatable bonds is 4. The van der Waals surface area contributed by atoms with Crippen LogP contribution in [0.3, 0.4) is 0 Å². The normalized spacial score (nSPS) is 10.2. The Hall–Kier alpha value is -2.48. The third kappa shape index (κ3) is 3.76. The lowest BCUT2D eigenvalue weighted by atomic mass is 10.3. The number of aryl methyl sites for hydroxylation is 2. The van der Waals surface area contributed by atoms with Crippen molar-refractivity contribution in [1.82, 2.24) is 9.97 Å². The molecule has 2 aromatic rings. The first kappa shape index (κ1) is 14.9. The van der Waals surface area contributed by atoms with Crippen LogP contribution in [-0.4, -0.2) is 27.1 Å². The van der Waals surface area contributed by atoms with Gasteiger partial charge >= 0.3 is 12.0 Å². The molecule has 0 aliphatic heterocycles. The highest BCUT2D eigenvalue weighted by Gasteiger charge is 2.10. The Balaban J connectivity index is 1.99. The molecule has 7 nitrogen and oxygen atoms in total. The highest BCUT2D eigenvalue weighted by Crippen LogP contribution is 2.22. The summed E-state index contributed by atoms with van der Waals surface area (Å²) in [5.41, 5.74) is 1.29. The second-order valence-electron chi connectivity index (χ2n) is 4.19. The third-order valence-corrected chi connectivity index (χ3v) is 3.62. The van der Waals surface area contributed by atoms with Crippen LogP contribution in [0.15, 0.2) is 18.3 Å². The maximum Gasteiger partial charge on any atom is 0.354 e. The highest BCUT2D eigenvalue weighted by atomic mass is 32.1. The lowest BCUT2D eigenvalue weighted by Crippen LogP contribution is -2.19. The van der Waals surface area contributed by atoms with Gasteiger partial charge in [0, 0.05) is 4.88 Å². The Bertz CT molecular complexity index is 667. The summed E-state index contributed by atoms with van der Waals surface area (Å²) >= 11 is 1.41. The smallest absolute Gasteiger partial charge is 0.354 e. The van der Waals surface area contributed by atoms with Gasteiger partial charge in [0.25, 0.3) is 0 Å². The Morgan fingerprint density at radius 1 is 1.33 bits per heavy atom. The Morgan fingerprint density at radius 3 is 2.62 bits per heavy atom. The second kappa shape index (κ2) is 6.31. The summed E-state index contributed by atoms with van der Waals surface area (Å²) in [4.78, 5) is 31.6. The summed E-state index contributed by atoms with van der Waals surface area (Å²) in [7, 11) is 0. The molecule has 0 bridgehead atoms. The van der Waals surface area contributed by atoms with Gasteiger partial charge in [0.15, 0.2) is 5.13 Å². The number of aromatic carboxylic acids is 1. The molecule has 3 N–H and O–H groups in total. The predicted octanol–water partition coefficient (Wildman–Crippen LogP) is 2.75. The van der Waals surface area contributed by atoms with Gasteiger partial charge in [-0.05, 0) is 25.5 Å². The fraction of sp³-hybridized carbons (Fsp3) is 0.231. The molecule has 0 aromatic carbocycles. The second-order valence-corrected chi connectivity index (χ2v) is 5.40. The third-order valence-electron chi connectivity index (χ3n) is 2.69. The maximum absolute atomic E-state index is 11.8. The van der Waals surface area contributed by atoms with Crippen LogP contribution in [0, 0.1) is 6.92 Å². The molecule has 0 aliphatic rings. The van der Waals surface area contributed by atoms with Crippen LogP contribution in [0.5, 0.6) is 0 Å². The first-order chi connectivity index (χ1) is 9.99. The molecule has 2 heterocycles. The number of thiazole rings is 1. The zero-order chi connectivity index (χ0) is 15.4. The highest BCUT2D eigenvalue weighted by molar-refractivity contribution is 7.15. The van der Waals surface area contributed by atoms with Crippen molar-refractivity contribution >= 4 is 34.2 Å². The van der Waals surface area contributed by atoms with Crippen LogP contribution in [0.2, 0.25) is 0 Å². The van der Waals surface area contributed by atoms with Crippen molar-refractivity contribution in [3.05, 3.63) is 34.6 Å². The largest absolute Gasteiger partial charge is 0.477 e. The van der Waals surface area contributed by atoms with Gasteiger partial charge in [-0.2, -0.15) is 0 Å². The van der Waals surface area contributed by atoms with E-state index in [9.17, 15) is 9.59 Å². The minimum atomic E-state index is -1.11. The topological polar surface area (TPSA) is 104 Å². The molecule has 0 aliphatic carbocycles. The van der Waals surface area contributed by atoms with Crippen LogP contribution < -0.4 is 10.6 Å². The van der Waals surface area contributed by atoms with E-state index in [-0.39, 0.29) is 5.69 Å². The molecule has 2 aromatic heterocycles. The number of nitrogens with zero attached hydrogens (tertiary/aromatic N) is 2. The van der Waals surface area contributed by atoms with Gasteiger partial charge in [0.1, 0.15) is 5.69 Å². The van der Waals surface area contributed by atoms with Crippen molar-refractivity contribution in [2.24, 2.45) is 0 Å². The monoisotopic (exact) mass is 306 g/mol. The fourth-order valence-corrected chi connectivity index (χ4v) is 2.56. The van der Waals surface area contributed by atoms with Gasteiger partial charge in [-0.1, -0.05) is 6.92 Å². The number of amides is 2. The van der Waals surface area contributed by atoms with Crippen LogP contribution in [0.4, 0.5) is 15.6 Å². The number of carboxylic acid groups (broad SMARTS) is 1. The van der Waals surface area contributed by atoms with Crippen molar-refractivity contribution < 1.29 is 14.7 Å². The van der Waals surface area contributed by atoms with E-state index in [1.807, 2.05) is 13.8 Å². The number of urea groups is 1. The van der Waals surface area contributed by atoms with Crippen molar-refractivity contribution in [3.63, 3.8) is 0 Å². The van der Waals surface area contributed by atoms with Gasteiger partial charge in [-0.15, -0.1) is 11.3 Å². The van der Waals surface area contributed by atoms with E-state index in [1.54, 1.807) is 0 Å². The predicted molar refractivity (Wildman–Crippen MR) is 80.1 cm³/mol. The molecule has 0 atom stereocenters. The van der Waals surface area contributed by atoms with E-state index in [4.69, 9.17) is 5.11 Å². The number of pyridine rings is 1. The molecule has 0 unspecified atom stereocenters. The molecule has 0 saturated carbocycles. The zero-order valence-electron chi connectivity index (χ0n) is 11.5. The van der Waals surface area contributed by atoms with Gasteiger partial charge in [0.05, 0.1) is 17.6 Å². The molecule has 110 valence electrons. The summed E-state index contributed by atoms with van der Waals surface area (Å²) < 4.78 is 0. The van der Waals surface area contributed by atoms with Crippen molar-refractivity contribution in [2.75, 3.05) is 10.6 Å². The number of carboxylic acids is 1. The average Bonchev–Trinajstić information content (AvgIpc) is 2.79. The van der Waals surface area contributed by atoms with Crippen molar-refractivity contribution in [1.29, 1.82) is 0 Å². The molecule has 2 amide bonds. The van der Waals surface area contributed by atoms with E-state index in [0.29, 0.717) is 10.8 Å². The van der Waals surface area contributed by atoms with Crippen molar-refractivity contribution in [3.8, 4) is 0 Å². The number of carbonyl (C=O) groups excluding carboxylic acids is 1. The van der Waals surface area contributed by atoms with Crippen LogP contribution >= 0.6 is 11.3 Å². The number of aromatic nitrogens is 2. The van der Waals surface area contributed by atoms with E-state index in [1.165, 1.54) is 29.7 Å². The Labute approximate surface area is 125 Å². The lowest BCUT2D eigenvalue weighted by molar-refractivity contribution is 0.0690. The van der Waals surface area contributed by atoms with E-state index < -0.39 is 12.0 Å². The SMILES string of the molecule is CCc1nc(NC(=O)Nc2ccc(C(=O)O)nc2)sc1C. The molecule has 8 heteroatoms. The molecule has 0 radical (unpaired) electrons. The van der Waals surface area contributed by atoms with Gasteiger partial charge in [0.2, 0.25) is 0 Å². The number of anilines is 2. The summed E-state index contributed by atoms with van der Waals surface area (Å²) in [6.07, 6.45) is 2.10. The van der Waals surface area contributed by atoms with E-state index in [0.717, 1.165) is 17.0 Å². The van der Waals surface area contributed by atoms with E-state index >= 15 is 0 Å². The quantitative estimate of drug-likeness (QED) is 0.805. The summed E-state index contributed by atoms with van der Waals surface area (Å²) in [5.74, 6) is -1.11. The fourth-order valence-electron chi connectivity index (χ4n) is 1.66. The molecule has 21 heavy (non-hydrogen) atoms. The number of hydrogen-bond donors (Lipinski definition) is 3.